The molecular formula is C30H38N2O5. The molecule has 7 heteroatoms. The van der Waals surface area contributed by atoms with Crippen molar-refractivity contribution in [2.24, 2.45) is 0 Å². The van der Waals surface area contributed by atoms with Gasteiger partial charge in [-0.3, -0.25) is 14.5 Å². The van der Waals surface area contributed by atoms with Crippen LogP contribution in [0.1, 0.15) is 56.8 Å². The Kier molecular flexibility index (Phi) is 8.35. The lowest BCUT2D eigenvalue weighted by Crippen LogP contribution is -2.39. The Bertz CT molecular complexity index is 1140. The SMILES string of the molecule is CCOc1cccc(/C(O)=C2\C(=O)C(=O)N(CCCN3CCOCC3)C2c2ccc(C(C)(C)C)cc2)c1. The van der Waals surface area contributed by atoms with Crippen LogP contribution >= 0.6 is 0 Å². The molecule has 0 aromatic heterocycles. The minimum atomic E-state index is -0.658. The van der Waals surface area contributed by atoms with Crippen LogP contribution in [0.15, 0.2) is 54.1 Å². The van der Waals surface area contributed by atoms with Gasteiger partial charge in [0.1, 0.15) is 11.5 Å². The van der Waals surface area contributed by atoms with Crippen LogP contribution in [0.2, 0.25) is 0 Å². The first-order valence-electron chi connectivity index (χ1n) is 13.1. The summed E-state index contributed by atoms with van der Waals surface area (Å²) in [7, 11) is 0. The van der Waals surface area contributed by atoms with Gasteiger partial charge in [-0.15, -0.1) is 0 Å². The fourth-order valence-electron chi connectivity index (χ4n) is 4.97. The molecule has 2 saturated heterocycles. The second-order valence-corrected chi connectivity index (χ2v) is 10.6. The van der Waals surface area contributed by atoms with Crippen LogP contribution in [-0.4, -0.2) is 72.6 Å². The quantitative estimate of drug-likeness (QED) is 0.322. The number of ketones is 1. The largest absolute Gasteiger partial charge is 0.507 e. The normalized spacial score (nSPS) is 20.4. The molecule has 2 aromatic carbocycles. The predicted molar refractivity (Wildman–Crippen MR) is 144 cm³/mol. The van der Waals surface area contributed by atoms with Gasteiger partial charge in [-0.1, -0.05) is 57.2 Å². The van der Waals surface area contributed by atoms with Gasteiger partial charge in [0.15, 0.2) is 0 Å². The number of benzene rings is 2. The number of aliphatic hydroxyl groups excluding tert-OH is 1. The molecule has 0 radical (unpaired) electrons. The van der Waals surface area contributed by atoms with E-state index in [4.69, 9.17) is 9.47 Å². The minimum absolute atomic E-state index is 0.0295. The third-order valence-electron chi connectivity index (χ3n) is 7.03. The summed E-state index contributed by atoms with van der Waals surface area (Å²) in [6.07, 6.45) is 0.726. The Hall–Kier alpha value is -3.16. The standard InChI is InChI=1S/C30H38N2O5/c1-5-37-24-9-6-8-22(20-24)27(33)25-26(21-10-12-23(13-11-21)30(2,3)4)32(29(35)28(25)34)15-7-14-31-16-18-36-19-17-31/h6,8-13,20,26,33H,5,7,14-19H2,1-4H3/b27-25+. The zero-order chi connectivity index (χ0) is 26.6. The first kappa shape index (κ1) is 26.9. The van der Waals surface area contributed by atoms with Crippen LogP contribution in [0.25, 0.3) is 5.76 Å². The smallest absolute Gasteiger partial charge is 0.295 e. The number of nitrogens with zero attached hydrogens (tertiary/aromatic N) is 2. The number of ether oxygens (including phenoxy) is 2. The average Bonchev–Trinajstić information content (AvgIpc) is 3.14. The third kappa shape index (κ3) is 6.05. The van der Waals surface area contributed by atoms with Crippen molar-refractivity contribution in [3.05, 3.63) is 70.8 Å². The van der Waals surface area contributed by atoms with Crippen LogP contribution in [-0.2, 0) is 19.7 Å². The molecule has 1 N–H and O–H groups in total. The summed E-state index contributed by atoms with van der Waals surface area (Å²) < 4.78 is 11.0. The Balaban J connectivity index is 1.70. The molecule has 2 heterocycles. The molecule has 2 aromatic rings. The summed E-state index contributed by atoms with van der Waals surface area (Å²) in [6, 6.07) is 14.4. The van der Waals surface area contributed by atoms with Crippen molar-refractivity contribution in [2.75, 3.05) is 46.0 Å². The Morgan fingerprint density at radius 1 is 1.05 bits per heavy atom. The van der Waals surface area contributed by atoms with Gasteiger partial charge in [0, 0.05) is 31.7 Å². The molecule has 2 fully saturated rings. The van der Waals surface area contributed by atoms with E-state index in [-0.39, 0.29) is 16.7 Å². The highest BCUT2D eigenvalue weighted by Crippen LogP contribution is 2.40. The van der Waals surface area contributed by atoms with Gasteiger partial charge in [0.2, 0.25) is 0 Å². The molecular weight excluding hydrogens is 468 g/mol. The number of aliphatic hydroxyl groups is 1. The summed E-state index contributed by atoms with van der Waals surface area (Å²) >= 11 is 0. The van der Waals surface area contributed by atoms with E-state index >= 15 is 0 Å². The highest BCUT2D eigenvalue weighted by molar-refractivity contribution is 6.46. The van der Waals surface area contributed by atoms with Gasteiger partial charge in [0.05, 0.1) is 31.4 Å². The van der Waals surface area contributed by atoms with Gasteiger partial charge >= 0.3 is 0 Å². The first-order chi connectivity index (χ1) is 17.7. The van der Waals surface area contributed by atoms with Crippen molar-refractivity contribution in [3.8, 4) is 5.75 Å². The third-order valence-corrected chi connectivity index (χ3v) is 7.03. The molecule has 0 saturated carbocycles. The molecule has 7 nitrogen and oxygen atoms in total. The fourth-order valence-corrected chi connectivity index (χ4v) is 4.97. The van der Waals surface area contributed by atoms with Gasteiger partial charge < -0.3 is 19.5 Å². The van der Waals surface area contributed by atoms with Crippen LogP contribution in [0.4, 0.5) is 0 Å². The summed E-state index contributed by atoms with van der Waals surface area (Å²) in [4.78, 5) is 30.6. The Labute approximate surface area is 219 Å². The zero-order valence-electron chi connectivity index (χ0n) is 22.3. The van der Waals surface area contributed by atoms with Gasteiger partial charge in [-0.05, 0) is 42.0 Å². The Morgan fingerprint density at radius 2 is 1.76 bits per heavy atom. The van der Waals surface area contributed by atoms with Crippen LogP contribution < -0.4 is 4.74 Å². The second kappa shape index (κ2) is 11.5. The van der Waals surface area contributed by atoms with E-state index in [2.05, 4.69) is 25.7 Å². The number of rotatable bonds is 8. The maximum absolute atomic E-state index is 13.3. The number of hydrogen-bond acceptors (Lipinski definition) is 6. The van der Waals surface area contributed by atoms with Crippen LogP contribution in [0.3, 0.4) is 0 Å². The molecule has 1 amide bonds. The predicted octanol–water partition coefficient (Wildman–Crippen LogP) is 4.53. The monoisotopic (exact) mass is 506 g/mol. The van der Waals surface area contributed by atoms with Crippen molar-refractivity contribution in [2.45, 2.75) is 45.6 Å². The molecule has 2 aliphatic heterocycles. The number of likely N-dealkylation sites (tertiary alicyclic amines) is 1. The van der Waals surface area contributed by atoms with Gasteiger partial charge in [0.25, 0.3) is 11.7 Å². The van der Waals surface area contributed by atoms with E-state index in [9.17, 15) is 14.7 Å². The highest BCUT2D eigenvalue weighted by atomic mass is 16.5. The van der Waals surface area contributed by atoms with E-state index in [1.807, 2.05) is 31.2 Å². The summed E-state index contributed by atoms with van der Waals surface area (Å²) in [5, 5.41) is 11.4. The van der Waals surface area contributed by atoms with Crippen molar-refractivity contribution in [1.29, 1.82) is 0 Å². The van der Waals surface area contributed by atoms with E-state index in [1.165, 1.54) is 0 Å². The van der Waals surface area contributed by atoms with E-state index in [0.29, 0.717) is 37.7 Å². The number of amides is 1. The van der Waals surface area contributed by atoms with Crippen molar-refractivity contribution in [3.63, 3.8) is 0 Å². The van der Waals surface area contributed by atoms with Crippen molar-refractivity contribution in [1.82, 2.24) is 9.80 Å². The highest BCUT2D eigenvalue weighted by Gasteiger charge is 2.45. The lowest BCUT2D eigenvalue weighted by Gasteiger charge is -2.29. The van der Waals surface area contributed by atoms with Crippen molar-refractivity contribution >= 4 is 17.4 Å². The minimum Gasteiger partial charge on any atom is -0.507 e. The summed E-state index contributed by atoms with van der Waals surface area (Å²) in [6.45, 7) is 13.2. The molecule has 0 aliphatic carbocycles. The summed E-state index contributed by atoms with van der Waals surface area (Å²) in [5.74, 6) is -0.817. The van der Waals surface area contributed by atoms with Gasteiger partial charge in [-0.2, -0.15) is 0 Å². The molecule has 4 rings (SSSR count). The number of carbonyl (C=O) groups is 2. The number of Topliss-reactive ketones (excluding diaryl/α,β-unsaturated/α-hetero) is 1. The first-order valence-corrected chi connectivity index (χ1v) is 13.1. The number of hydrogen-bond donors (Lipinski definition) is 1. The maximum Gasteiger partial charge on any atom is 0.295 e. The molecule has 2 aliphatic rings. The number of carbonyl (C=O) groups excluding carboxylic acids is 2. The number of morpholine rings is 1. The fraction of sp³-hybridized carbons (Fsp3) is 0.467. The van der Waals surface area contributed by atoms with Crippen LogP contribution in [0, 0.1) is 0 Å². The summed E-state index contributed by atoms with van der Waals surface area (Å²) in [5.41, 5.74) is 2.51. The molecule has 0 bridgehead atoms. The van der Waals surface area contributed by atoms with Gasteiger partial charge in [-0.25, -0.2) is 0 Å². The maximum atomic E-state index is 13.3. The molecule has 0 spiro atoms. The van der Waals surface area contributed by atoms with Crippen molar-refractivity contribution < 1.29 is 24.2 Å². The topological polar surface area (TPSA) is 79.3 Å². The van der Waals surface area contributed by atoms with Crippen LogP contribution in [0.5, 0.6) is 5.75 Å². The second-order valence-electron chi connectivity index (χ2n) is 10.6. The van der Waals surface area contributed by atoms with E-state index in [1.54, 1.807) is 29.2 Å². The lowest BCUT2D eigenvalue weighted by atomic mass is 9.85. The van der Waals surface area contributed by atoms with E-state index < -0.39 is 17.7 Å². The zero-order valence-corrected chi connectivity index (χ0v) is 22.3. The molecule has 37 heavy (non-hydrogen) atoms. The molecule has 1 atom stereocenters. The lowest BCUT2D eigenvalue weighted by molar-refractivity contribution is -0.140. The molecule has 198 valence electrons. The molecule has 1 unspecified atom stereocenters. The average molecular weight is 507 g/mol. The van der Waals surface area contributed by atoms with E-state index in [0.717, 1.165) is 37.2 Å². The Morgan fingerprint density at radius 3 is 2.41 bits per heavy atom.